The molecule has 5 nitrogen and oxygen atoms in total. The predicted octanol–water partition coefficient (Wildman–Crippen LogP) is 1.64. The van der Waals surface area contributed by atoms with E-state index in [4.69, 9.17) is 9.47 Å². The van der Waals surface area contributed by atoms with Crippen LogP contribution in [0.25, 0.3) is 0 Å². The smallest absolute Gasteiger partial charge is 0.228 e. The zero-order valence-electron chi connectivity index (χ0n) is 11.4. The van der Waals surface area contributed by atoms with Gasteiger partial charge in [-0.2, -0.15) is 0 Å². The number of hydrogen-bond acceptors (Lipinski definition) is 4. The van der Waals surface area contributed by atoms with Crippen molar-refractivity contribution in [3.05, 3.63) is 18.2 Å². The van der Waals surface area contributed by atoms with Crippen molar-refractivity contribution in [3.8, 4) is 11.5 Å². The van der Waals surface area contributed by atoms with Gasteiger partial charge in [-0.05, 0) is 25.6 Å². The van der Waals surface area contributed by atoms with Crippen molar-refractivity contribution in [1.82, 2.24) is 5.32 Å². The fraction of sp³-hybridized carbons (Fsp3) is 0.500. The van der Waals surface area contributed by atoms with E-state index in [9.17, 15) is 4.79 Å². The van der Waals surface area contributed by atoms with Crippen molar-refractivity contribution in [2.45, 2.75) is 13.3 Å². The molecule has 0 saturated heterocycles. The molecule has 19 heavy (non-hydrogen) atoms. The number of carbonyl (C=O) groups is 1. The molecule has 1 heterocycles. The van der Waals surface area contributed by atoms with Crippen LogP contribution in [-0.2, 0) is 4.79 Å². The van der Waals surface area contributed by atoms with Crippen LogP contribution in [0.15, 0.2) is 18.2 Å². The quantitative estimate of drug-likeness (QED) is 0.849. The van der Waals surface area contributed by atoms with Crippen molar-refractivity contribution in [2.24, 2.45) is 5.92 Å². The van der Waals surface area contributed by atoms with E-state index in [-0.39, 0.29) is 11.8 Å². The van der Waals surface area contributed by atoms with Gasteiger partial charge in [0.2, 0.25) is 5.91 Å². The van der Waals surface area contributed by atoms with Gasteiger partial charge in [0.05, 0.1) is 5.92 Å². The summed E-state index contributed by atoms with van der Waals surface area (Å²) in [6, 6.07) is 5.46. The summed E-state index contributed by atoms with van der Waals surface area (Å²) in [6.45, 7) is 3.79. The molecule has 1 aromatic rings. The van der Waals surface area contributed by atoms with Gasteiger partial charge in [-0.25, -0.2) is 0 Å². The van der Waals surface area contributed by atoms with Crippen molar-refractivity contribution in [2.75, 3.05) is 32.1 Å². The number of benzene rings is 1. The Bertz CT molecular complexity index is 448. The number of ether oxygens (including phenoxy) is 2. The number of amides is 1. The first-order chi connectivity index (χ1) is 9.24. The van der Waals surface area contributed by atoms with Gasteiger partial charge in [0, 0.05) is 18.3 Å². The van der Waals surface area contributed by atoms with E-state index in [1.54, 1.807) is 6.07 Å². The number of nitrogens with one attached hydrogen (secondary N) is 2. The highest BCUT2D eigenvalue weighted by Crippen LogP contribution is 2.32. The van der Waals surface area contributed by atoms with Gasteiger partial charge in [-0.15, -0.1) is 0 Å². The summed E-state index contributed by atoms with van der Waals surface area (Å²) in [7, 11) is 1.85. The molecule has 0 saturated carbocycles. The molecule has 0 aromatic heterocycles. The van der Waals surface area contributed by atoms with Gasteiger partial charge in [0.1, 0.15) is 13.2 Å². The second kappa shape index (κ2) is 6.43. The molecule has 0 spiro atoms. The number of hydrogen-bond donors (Lipinski definition) is 2. The fourth-order valence-electron chi connectivity index (χ4n) is 2.03. The Hall–Kier alpha value is -1.75. The maximum atomic E-state index is 12.1. The van der Waals surface area contributed by atoms with E-state index in [0.29, 0.717) is 25.5 Å². The summed E-state index contributed by atoms with van der Waals surface area (Å²) < 4.78 is 10.9. The normalized spacial score (nSPS) is 14.8. The number of carbonyl (C=O) groups excluding carboxylic acids is 1. The molecule has 0 radical (unpaired) electrons. The molecule has 5 heteroatoms. The first-order valence-corrected chi connectivity index (χ1v) is 6.59. The molecule has 1 atom stereocenters. The summed E-state index contributed by atoms with van der Waals surface area (Å²) in [4.78, 5) is 12.1. The van der Waals surface area contributed by atoms with E-state index in [0.717, 1.165) is 17.9 Å². The fourth-order valence-corrected chi connectivity index (χ4v) is 2.03. The van der Waals surface area contributed by atoms with Crippen LogP contribution in [0.5, 0.6) is 11.5 Å². The Morgan fingerprint density at radius 3 is 2.74 bits per heavy atom. The molecule has 0 bridgehead atoms. The Morgan fingerprint density at radius 2 is 2.05 bits per heavy atom. The van der Waals surface area contributed by atoms with Gasteiger partial charge in [-0.1, -0.05) is 6.92 Å². The molecule has 104 valence electrons. The summed E-state index contributed by atoms with van der Waals surface area (Å²) in [5, 5.41) is 5.94. The molecule has 1 aliphatic heterocycles. The molecular weight excluding hydrogens is 244 g/mol. The summed E-state index contributed by atoms with van der Waals surface area (Å²) in [6.07, 6.45) is 0.803. The van der Waals surface area contributed by atoms with Crippen molar-refractivity contribution < 1.29 is 14.3 Å². The van der Waals surface area contributed by atoms with Crippen LogP contribution in [-0.4, -0.2) is 32.7 Å². The molecule has 0 aliphatic carbocycles. The third kappa shape index (κ3) is 3.38. The molecule has 1 aliphatic rings. The average molecular weight is 264 g/mol. The Balaban J connectivity index is 2.04. The highest BCUT2D eigenvalue weighted by molar-refractivity contribution is 5.93. The lowest BCUT2D eigenvalue weighted by Gasteiger charge is -2.20. The van der Waals surface area contributed by atoms with Crippen LogP contribution < -0.4 is 20.1 Å². The monoisotopic (exact) mass is 264 g/mol. The van der Waals surface area contributed by atoms with E-state index >= 15 is 0 Å². The van der Waals surface area contributed by atoms with Crippen LogP contribution in [0, 0.1) is 5.92 Å². The van der Waals surface area contributed by atoms with Gasteiger partial charge in [-0.3, -0.25) is 4.79 Å². The summed E-state index contributed by atoms with van der Waals surface area (Å²) in [5.74, 6) is 1.41. The maximum Gasteiger partial charge on any atom is 0.228 e. The first kappa shape index (κ1) is 13.7. The van der Waals surface area contributed by atoms with E-state index in [2.05, 4.69) is 10.6 Å². The van der Waals surface area contributed by atoms with E-state index in [1.165, 1.54) is 0 Å². The lowest BCUT2D eigenvalue weighted by molar-refractivity contribution is -0.119. The van der Waals surface area contributed by atoms with Crippen LogP contribution in [0.3, 0.4) is 0 Å². The first-order valence-electron chi connectivity index (χ1n) is 6.59. The van der Waals surface area contributed by atoms with Crippen molar-refractivity contribution >= 4 is 11.6 Å². The molecule has 2 N–H and O–H groups in total. The topological polar surface area (TPSA) is 59.6 Å². The van der Waals surface area contributed by atoms with E-state index in [1.807, 2.05) is 26.1 Å². The maximum absolute atomic E-state index is 12.1. The minimum absolute atomic E-state index is 0.0218. The highest BCUT2D eigenvalue weighted by Gasteiger charge is 2.17. The minimum Gasteiger partial charge on any atom is -0.486 e. The number of anilines is 1. The molecular formula is C14H20N2O3. The second-order valence-electron chi connectivity index (χ2n) is 4.51. The van der Waals surface area contributed by atoms with Crippen molar-refractivity contribution in [1.29, 1.82) is 0 Å². The van der Waals surface area contributed by atoms with Crippen LogP contribution in [0.1, 0.15) is 13.3 Å². The SMILES string of the molecule is CCC(CNC)C(=O)Nc1ccc2c(c1)OCCO2. The lowest BCUT2D eigenvalue weighted by atomic mass is 10.1. The average Bonchev–Trinajstić information content (AvgIpc) is 2.44. The largest absolute Gasteiger partial charge is 0.486 e. The molecule has 1 unspecified atom stereocenters. The summed E-state index contributed by atoms with van der Waals surface area (Å²) >= 11 is 0. The molecule has 2 rings (SSSR count). The Kier molecular flexibility index (Phi) is 4.63. The van der Waals surface area contributed by atoms with Crippen molar-refractivity contribution in [3.63, 3.8) is 0 Å². The van der Waals surface area contributed by atoms with Gasteiger partial charge in [0.25, 0.3) is 0 Å². The van der Waals surface area contributed by atoms with Crippen LogP contribution >= 0.6 is 0 Å². The van der Waals surface area contributed by atoms with Gasteiger partial charge >= 0.3 is 0 Å². The summed E-state index contributed by atoms with van der Waals surface area (Å²) in [5.41, 5.74) is 0.740. The second-order valence-corrected chi connectivity index (χ2v) is 4.51. The van der Waals surface area contributed by atoms with Crippen LogP contribution in [0.2, 0.25) is 0 Å². The highest BCUT2D eigenvalue weighted by atomic mass is 16.6. The molecule has 1 aromatic carbocycles. The minimum atomic E-state index is -0.0294. The zero-order valence-corrected chi connectivity index (χ0v) is 11.4. The van der Waals surface area contributed by atoms with Gasteiger partial charge < -0.3 is 20.1 Å². The number of fused-ring (bicyclic) bond motifs is 1. The molecule has 0 fully saturated rings. The Labute approximate surface area is 113 Å². The third-order valence-electron chi connectivity index (χ3n) is 3.12. The Morgan fingerprint density at radius 1 is 1.32 bits per heavy atom. The predicted molar refractivity (Wildman–Crippen MR) is 73.8 cm³/mol. The van der Waals surface area contributed by atoms with E-state index < -0.39 is 0 Å². The zero-order chi connectivity index (χ0) is 13.7. The lowest BCUT2D eigenvalue weighted by Crippen LogP contribution is -2.30. The number of rotatable bonds is 5. The third-order valence-corrected chi connectivity index (χ3v) is 3.12. The van der Waals surface area contributed by atoms with Crippen LogP contribution in [0.4, 0.5) is 5.69 Å². The standard InChI is InChI=1S/C14H20N2O3/c1-3-10(9-15-2)14(17)16-11-4-5-12-13(8-11)19-7-6-18-12/h4-5,8,10,15H,3,6-7,9H2,1-2H3,(H,16,17). The van der Waals surface area contributed by atoms with Gasteiger partial charge in [0.15, 0.2) is 11.5 Å². The molecule has 1 amide bonds.